The Balaban J connectivity index is 1.77. The van der Waals surface area contributed by atoms with Crippen molar-refractivity contribution in [1.82, 2.24) is 20.3 Å². The summed E-state index contributed by atoms with van der Waals surface area (Å²) in [5.41, 5.74) is -0.245. The van der Waals surface area contributed by atoms with Crippen LogP contribution < -0.4 is 19.9 Å². The van der Waals surface area contributed by atoms with E-state index in [2.05, 4.69) is 25.0 Å². The molecular formula is C18H21F3N6O3. The predicted molar refractivity (Wildman–Crippen MR) is 101 cm³/mol. The first-order chi connectivity index (χ1) is 14.2. The van der Waals surface area contributed by atoms with Crippen LogP contribution in [-0.4, -0.2) is 67.6 Å². The molecule has 1 N–H and O–H groups in total. The van der Waals surface area contributed by atoms with Gasteiger partial charge < -0.3 is 24.6 Å². The average Bonchev–Trinajstić information content (AvgIpc) is 2.71. The number of halogens is 3. The number of ether oxygens (including phenoxy) is 2. The highest BCUT2D eigenvalue weighted by molar-refractivity contribution is 5.96. The summed E-state index contributed by atoms with van der Waals surface area (Å²) in [5, 5.41) is 2.54. The van der Waals surface area contributed by atoms with Gasteiger partial charge in [-0.05, 0) is 12.1 Å². The van der Waals surface area contributed by atoms with Gasteiger partial charge in [-0.1, -0.05) is 12.1 Å². The highest BCUT2D eigenvalue weighted by atomic mass is 19.4. The normalized spacial score (nSPS) is 14.4. The summed E-state index contributed by atoms with van der Waals surface area (Å²) in [5.74, 6) is -0.202. The van der Waals surface area contributed by atoms with Crippen molar-refractivity contribution in [1.29, 1.82) is 0 Å². The van der Waals surface area contributed by atoms with Crippen LogP contribution >= 0.6 is 0 Å². The molecular weight excluding hydrogens is 405 g/mol. The Bertz CT molecular complexity index is 888. The van der Waals surface area contributed by atoms with Gasteiger partial charge in [0.15, 0.2) is 5.82 Å². The number of carbonyl (C=O) groups excluding carboxylic acids is 1. The van der Waals surface area contributed by atoms with Gasteiger partial charge in [0, 0.05) is 27.2 Å². The topological polar surface area (TPSA) is 92.7 Å². The fourth-order valence-electron chi connectivity index (χ4n) is 2.70. The van der Waals surface area contributed by atoms with Gasteiger partial charge in [0.2, 0.25) is 11.9 Å². The number of nitrogens with zero attached hydrogens (tertiary/aromatic N) is 5. The van der Waals surface area contributed by atoms with Crippen LogP contribution in [-0.2, 0) is 11.3 Å². The zero-order chi connectivity index (χ0) is 21.7. The monoisotopic (exact) mass is 426 g/mol. The number of aromatic nitrogens is 3. The van der Waals surface area contributed by atoms with Crippen LogP contribution in [0.2, 0.25) is 0 Å². The molecule has 1 aliphatic rings. The van der Waals surface area contributed by atoms with E-state index in [1.807, 2.05) is 4.90 Å². The second-order valence-corrected chi connectivity index (χ2v) is 6.57. The van der Waals surface area contributed by atoms with Crippen LogP contribution in [0.4, 0.5) is 25.1 Å². The summed E-state index contributed by atoms with van der Waals surface area (Å²) >= 11 is 0. The number of carbonyl (C=O) groups is 1. The highest BCUT2D eigenvalue weighted by Crippen LogP contribution is 2.26. The number of benzene rings is 1. The van der Waals surface area contributed by atoms with Crippen molar-refractivity contribution in [3.63, 3.8) is 0 Å². The van der Waals surface area contributed by atoms with E-state index in [0.717, 1.165) is 6.07 Å². The molecule has 0 bridgehead atoms. The Morgan fingerprint density at radius 3 is 2.57 bits per heavy atom. The average molecular weight is 426 g/mol. The number of nitrogens with one attached hydrogen (secondary N) is 1. The molecule has 0 unspecified atom stereocenters. The van der Waals surface area contributed by atoms with E-state index in [1.165, 1.54) is 18.2 Å². The Morgan fingerprint density at radius 2 is 1.90 bits per heavy atom. The van der Waals surface area contributed by atoms with Crippen molar-refractivity contribution in [2.45, 2.75) is 12.9 Å². The molecule has 2 aromatic rings. The third-order valence-corrected chi connectivity index (χ3v) is 4.12. The lowest BCUT2D eigenvalue weighted by Crippen LogP contribution is -2.38. The van der Waals surface area contributed by atoms with Crippen molar-refractivity contribution in [2.75, 3.05) is 50.2 Å². The van der Waals surface area contributed by atoms with Gasteiger partial charge in [-0.25, -0.2) is 0 Å². The summed E-state index contributed by atoms with van der Waals surface area (Å²) in [6, 6.07) is 5.11. The van der Waals surface area contributed by atoms with Gasteiger partial charge in [0.1, 0.15) is 5.75 Å². The smallest absolute Gasteiger partial charge is 0.405 e. The van der Waals surface area contributed by atoms with E-state index >= 15 is 0 Å². The van der Waals surface area contributed by atoms with E-state index < -0.39 is 18.0 Å². The first kappa shape index (κ1) is 21.6. The lowest BCUT2D eigenvalue weighted by Gasteiger charge is -2.27. The quantitative estimate of drug-likeness (QED) is 0.745. The first-order valence-electron chi connectivity index (χ1n) is 9.11. The molecule has 1 aromatic carbocycles. The van der Waals surface area contributed by atoms with Gasteiger partial charge >= 0.3 is 6.36 Å². The second-order valence-electron chi connectivity index (χ2n) is 6.57. The Kier molecular flexibility index (Phi) is 6.55. The molecule has 0 radical (unpaired) electrons. The number of hydrogen-bond acceptors (Lipinski definition) is 8. The molecule has 0 spiro atoms. The minimum atomic E-state index is -4.90. The largest absolute Gasteiger partial charge is 0.573 e. The van der Waals surface area contributed by atoms with E-state index in [9.17, 15) is 18.0 Å². The predicted octanol–water partition coefficient (Wildman–Crippen LogP) is 1.60. The van der Waals surface area contributed by atoms with Crippen LogP contribution in [0.15, 0.2) is 24.3 Å². The zero-order valence-electron chi connectivity index (χ0n) is 16.4. The van der Waals surface area contributed by atoms with Crippen LogP contribution in [0.25, 0.3) is 0 Å². The summed E-state index contributed by atoms with van der Waals surface area (Å²) in [4.78, 5) is 29.2. The molecule has 3 rings (SSSR count). The molecule has 2 heterocycles. The summed E-state index contributed by atoms with van der Waals surface area (Å²) in [7, 11) is 3.54. The molecule has 30 heavy (non-hydrogen) atoms. The standard InChI is InChI=1S/C18H21F3N6O3/c1-26(2)16-23-14(24-17(25-16)27-7-9-29-10-8-27)11-22-15(28)12-5-3-4-6-13(12)30-18(19,20)21/h3-6H,7-11H2,1-2H3,(H,22,28). The maximum atomic E-state index is 12.6. The lowest BCUT2D eigenvalue weighted by atomic mass is 10.2. The van der Waals surface area contributed by atoms with Crippen molar-refractivity contribution >= 4 is 17.8 Å². The molecule has 12 heteroatoms. The third-order valence-electron chi connectivity index (χ3n) is 4.12. The molecule has 1 fully saturated rings. The molecule has 1 aromatic heterocycles. The second kappa shape index (κ2) is 9.11. The molecule has 0 atom stereocenters. The minimum absolute atomic E-state index is 0.0973. The van der Waals surface area contributed by atoms with Gasteiger partial charge in [0.25, 0.3) is 5.91 Å². The van der Waals surface area contributed by atoms with Gasteiger partial charge in [0.05, 0.1) is 25.3 Å². The van der Waals surface area contributed by atoms with E-state index in [1.54, 1.807) is 19.0 Å². The van der Waals surface area contributed by atoms with Gasteiger partial charge in [-0.2, -0.15) is 15.0 Å². The Morgan fingerprint density at radius 1 is 1.20 bits per heavy atom. The van der Waals surface area contributed by atoms with E-state index in [0.29, 0.717) is 38.2 Å². The number of para-hydroxylation sites is 1. The maximum absolute atomic E-state index is 12.6. The van der Waals surface area contributed by atoms with Crippen LogP contribution in [0.3, 0.4) is 0 Å². The summed E-state index contributed by atoms with van der Waals surface area (Å²) in [6.45, 7) is 2.23. The lowest BCUT2D eigenvalue weighted by molar-refractivity contribution is -0.274. The molecule has 1 saturated heterocycles. The van der Waals surface area contributed by atoms with Crippen molar-refractivity contribution < 1.29 is 27.4 Å². The van der Waals surface area contributed by atoms with Gasteiger partial charge in [-0.3, -0.25) is 4.79 Å². The summed E-state index contributed by atoms with van der Waals surface area (Å²) < 4.78 is 47.0. The number of rotatable bonds is 6. The number of morpholine rings is 1. The maximum Gasteiger partial charge on any atom is 0.573 e. The van der Waals surface area contributed by atoms with E-state index in [-0.39, 0.29) is 17.9 Å². The number of amides is 1. The third kappa shape index (κ3) is 5.69. The van der Waals surface area contributed by atoms with Crippen molar-refractivity contribution in [2.24, 2.45) is 0 Å². The van der Waals surface area contributed by atoms with Gasteiger partial charge in [-0.15, -0.1) is 13.2 Å². The summed E-state index contributed by atoms with van der Waals surface area (Å²) in [6.07, 6.45) is -4.90. The van der Waals surface area contributed by atoms with Crippen LogP contribution in [0, 0.1) is 0 Å². The van der Waals surface area contributed by atoms with E-state index in [4.69, 9.17) is 4.74 Å². The Labute approximate surface area is 170 Å². The Hall–Kier alpha value is -3.15. The molecule has 1 aliphatic heterocycles. The number of anilines is 2. The number of alkyl halides is 3. The fraction of sp³-hybridized carbons (Fsp3) is 0.444. The molecule has 0 aliphatic carbocycles. The molecule has 162 valence electrons. The number of hydrogen-bond donors (Lipinski definition) is 1. The molecule has 1 amide bonds. The SMILES string of the molecule is CN(C)c1nc(CNC(=O)c2ccccc2OC(F)(F)F)nc(N2CCOCC2)n1. The minimum Gasteiger partial charge on any atom is -0.405 e. The molecule has 0 saturated carbocycles. The highest BCUT2D eigenvalue weighted by Gasteiger charge is 2.32. The van der Waals surface area contributed by atoms with Crippen LogP contribution in [0.5, 0.6) is 5.75 Å². The first-order valence-corrected chi connectivity index (χ1v) is 9.11. The fourth-order valence-corrected chi connectivity index (χ4v) is 2.70. The van der Waals surface area contributed by atoms with Crippen molar-refractivity contribution in [3.8, 4) is 5.75 Å². The zero-order valence-corrected chi connectivity index (χ0v) is 16.4. The van der Waals surface area contributed by atoms with Crippen molar-refractivity contribution in [3.05, 3.63) is 35.7 Å². The van der Waals surface area contributed by atoms with Crippen LogP contribution in [0.1, 0.15) is 16.2 Å². The molecule has 9 nitrogen and oxygen atoms in total.